The number of aryl methyl sites for hydroxylation is 1. The average Bonchev–Trinajstić information content (AvgIpc) is 3.58. The number of carboxylic acids is 1. The maximum absolute atomic E-state index is 14.8. The highest BCUT2D eigenvalue weighted by Gasteiger charge is 2.40. The summed E-state index contributed by atoms with van der Waals surface area (Å²) in [7, 11) is -3.91. The molecular weight excluding hydrogens is 602 g/mol. The summed E-state index contributed by atoms with van der Waals surface area (Å²) in [5, 5.41) is 18.2. The molecule has 1 saturated heterocycles. The summed E-state index contributed by atoms with van der Waals surface area (Å²) in [5.41, 5.74) is 2.45. The third kappa shape index (κ3) is 5.45. The van der Waals surface area contributed by atoms with Gasteiger partial charge in [-0.2, -0.15) is 4.31 Å². The molecule has 1 aliphatic carbocycles. The first-order valence-electron chi connectivity index (χ1n) is 15.3. The number of hydrogen-bond donors (Lipinski definition) is 1. The Hall–Kier alpha value is -3.97. The molecule has 3 aliphatic rings. The molecule has 4 aromatic rings. The van der Waals surface area contributed by atoms with Crippen LogP contribution in [0.1, 0.15) is 72.3 Å². The molecule has 0 amide bonds. The Labute approximate surface area is 259 Å². The van der Waals surface area contributed by atoms with Gasteiger partial charge in [0.05, 0.1) is 17.5 Å². The van der Waals surface area contributed by atoms with E-state index in [0.717, 1.165) is 37.8 Å². The van der Waals surface area contributed by atoms with Crippen molar-refractivity contribution in [1.29, 1.82) is 0 Å². The van der Waals surface area contributed by atoms with Crippen LogP contribution in [0.3, 0.4) is 0 Å². The van der Waals surface area contributed by atoms with Gasteiger partial charge in [0.1, 0.15) is 16.2 Å². The predicted molar refractivity (Wildman–Crippen MR) is 163 cm³/mol. The van der Waals surface area contributed by atoms with Gasteiger partial charge in [-0.15, -0.1) is 5.10 Å². The van der Waals surface area contributed by atoms with E-state index in [1.165, 1.54) is 4.31 Å². The Balaban J connectivity index is 1.28. The third-order valence-corrected chi connectivity index (χ3v) is 11.2. The molecule has 0 spiro atoms. The van der Waals surface area contributed by atoms with Crippen molar-refractivity contribution in [2.45, 2.75) is 75.4 Å². The highest BCUT2D eigenvalue weighted by Crippen LogP contribution is 2.41. The molecule has 236 valence electrons. The molecule has 0 radical (unpaired) electrons. The van der Waals surface area contributed by atoms with E-state index in [0.29, 0.717) is 34.9 Å². The standard InChI is InChI=1S/C32H34F2N6O4S/c1-19-6-9-21(14-22(19)17-38-18-23-4-3-13-39(23)32-27(45(38,43)44)5-2-12-35-32)25(15-28(41)42)24-10-11-26-30(29(24)31(33)34)36-37-40(26)16-20-7-8-20/h2,5-6,9-12,14,20,23,25,31H,3-4,7-8,13,15-18H2,1H3,(H,41,42). The number of benzene rings is 2. The number of pyridine rings is 1. The van der Waals surface area contributed by atoms with Crippen LogP contribution in [0, 0.1) is 12.8 Å². The Kier molecular flexibility index (Phi) is 7.55. The number of nitrogens with zero attached hydrogens (tertiary/aromatic N) is 6. The second kappa shape index (κ2) is 11.4. The summed E-state index contributed by atoms with van der Waals surface area (Å²) >= 11 is 0. The van der Waals surface area contributed by atoms with E-state index in [9.17, 15) is 27.1 Å². The Morgan fingerprint density at radius 1 is 1.13 bits per heavy atom. The van der Waals surface area contributed by atoms with Crippen molar-refractivity contribution in [3.8, 4) is 0 Å². The predicted octanol–water partition coefficient (Wildman–Crippen LogP) is 5.26. The van der Waals surface area contributed by atoms with E-state index in [1.54, 1.807) is 53.3 Å². The number of aromatic nitrogens is 4. The monoisotopic (exact) mass is 636 g/mol. The summed E-state index contributed by atoms with van der Waals surface area (Å²) in [4.78, 5) is 18.8. The number of sulfonamides is 1. The Morgan fingerprint density at radius 2 is 1.96 bits per heavy atom. The lowest BCUT2D eigenvalue weighted by atomic mass is 9.84. The topological polar surface area (TPSA) is 122 Å². The van der Waals surface area contributed by atoms with Gasteiger partial charge < -0.3 is 10.0 Å². The van der Waals surface area contributed by atoms with Crippen molar-refractivity contribution in [2.75, 3.05) is 18.0 Å². The summed E-state index contributed by atoms with van der Waals surface area (Å²) in [6, 6.07) is 11.8. The second-order valence-corrected chi connectivity index (χ2v) is 14.3. The van der Waals surface area contributed by atoms with Gasteiger partial charge in [-0.05, 0) is 79.0 Å². The van der Waals surface area contributed by atoms with E-state index in [1.807, 2.05) is 6.92 Å². The molecule has 2 atom stereocenters. The largest absolute Gasteiger partial charge is 0.481 e. The zero-order valence-corrected chi connectivity index (χ0v) is 25.6. The van der Waals surface area contributed by atoms with Gasteiger partial charge in [0.25, 0.3) is 6.43 Å². The van der Waals surface area contributed by atoms with E-state index < -0.39 is 34.8 Å². The Morgan fingerprint density at radius 3 is 2.71 bits per heavy atom. The minimum Gasteiger partial charge on any atom is -0.481 e. The summed E-state index contributed by atoms with van der Waals surface area (Å²) < 4.78 is 60.5. The van der Waals surface area contributed by atoms with E-state index in [-0.39, 0.29) is 40.7 Å². The van der Waals surface area contributed by atoms with Gasteiger partial charge in [0.15, 0.2) is 0 Å². The lowest BCUT2D eigenvalue weighted by molar-refractivity contribution is -0.137. The first kappa shape index (κ1) is 29.7. The number of halogens is 2. The highest BCUT2D eigenvalue weighted by molar-refractivity contribution is 7.89. The van der Waals surface area contributed by atoms with Crippen LogP contribution in [0.25, 0.3) is 11.0 Å². The minimum absolute atomic E-state index is 0.0205. The van der Waals surface area contributed by atoms with Crippen LogP contribution in [0.4, 0.5) is 14.6 Å². The average molecular weight is 637 g/mol. The first-order chi connectivity index (χ1) is 21.6. The number of alkyl halides is 2. The van der Waals surface area contributed by atoms with Gasteiger partial charge in [-0.3, -0.25) is 4.79 Å². The molecule has 2 aromatic carbocycles. The number of fused-ring (bicyclic) bond motifs is 4. The Bertz CT molecular complexity index is 1890. The molecule has 13 heteroatoms. The number of carboxylic acid groups (broad SMARTS) is 1. The van der Waals surface area contributed by atoms with Crippen molar-refractivity contribution in [2.24, 2.45) is 5.92 Å². The molecule has 0 bridgehead atoms. The second-order valence-electron chi connectivity index (χ2n) is 12.4. The van der Waals surface area contributed by atoms with Crippen molar-refractivity contribution in [3.63, 3.8) is 0 Å². The molecule has 2 aliphatic heterocycles. The van der Waals surface area contributed by atoms with Crippen molar-refractivity contribution < 1.29 is 27.1 Å². The maximum Gasteiger partial charge on any atom is 0.304 e. The third-order valence-electron chi connectivity index (χ3n) is 9.42. The van der Waals surface area contributed by atoms with Crippen LogP contribution in [-0.2, 0) is 27.9 Å². The zero-order chi connectivity index (χ0) is 31.5. The van der Waals surface area contributed by atoms with E-state index >= 15 is 0 Å². The minimum atomic E-state index is -3.91. The van der Waals surface area contributed by atoms with Crippen LogP contribution < -0.4 is 4.90 Å². The number of rotatable bonds is 9. The smallest absolute Gasteiger partial charge is 0.304 e. The fraction of sp³-hybridized carbons (Fsp3) is 0.438. The summed E-state index contributed by atoms with van der Waals surface area (Å²) in [5.74, 6) is -1.12. The number of hydrogen-bond acceptors (Lipinski definition) is 7. The van der Waals surface area contributed by atoms with Gasteiger partial charge >= 0.3 is 5.97 Å². The van der Waals surface area contributed by atoms with Gasteiger partial charge in [-0.25, -0.2) is 26.9 Å². The molecule has 4 heterocycles. The fourth-order valence-electron chi connectivity index (χ4n) is 6.86. The molecule has 7 rings (SSSR count). The lowest BCUT2D eigenvalue weighted by Crippen LogP contribution is -2.39. The SMILES string of the molecule is Cc1ccc(C(CC(=O)O)c2ccc3c(nnn3CC3CC3)c2C(F)F)cc1CN1CC2CCCN2c2ncccc2S1(=O)=O. The number of anilines is 1. The molecule has 2 unspecified atom stereocenters. The molecule has 1 saturated carbocycles. The first-order valence-corrected chi connectivity index (χ1v) is 16.7. The molecule has 10 nitrogen and oxygen atoms in total. The number of carbonyl (C=O) groups is 1. The molecule has 45 heavy (non-hydrogen) atoms. The fourth-order valence-corrected chi connectivity index (χ4v) is 8.47. The van der Waals surface area contributed by atoms with Gasteiger partial charge in [-0.1, -0.05) is 29.5 Å². The van der Waals surface area contributed by atoms with Crippen molar-refractivity contribution >= 4 is 32.8 Å². The summed E-state index contributed by atoms with van der Waals surface area (Å²) in [6.07, 6.45) is 2.19. The molecule has 1 N–H and O–H groups in total. The van der Waals surface area contributed by atoms with Crippen molar-refractivity contribution in [3.05, 3.63) is 76.5 Å². The summed E-state index contributed by atoms with van der Waals surface area (Å²) in [6.45, 7) is 3.54. The van der Waals surface area contributed by atoms with Gasteiger partial charge in [0.2, 0.25) is 10.0 Å². The van der Waals surface area contributed by atoms with Gasteiger partial charge in [0, 0.05) is 44.3 Å². The van der Waals surface area contributed by atoms with Crippen molar-refractivity contribution in [1.82, 2.24) is 24.3 Å². The molecule has 2 aromatic heterocycles. The van der Waals surface area contributed by atoms with Crippen LogP contribution in [0.2, 0.25) is 0 Å². The number of aliphatic carboxylic acids is 1. The molecular formula is C32H34F2N6O4S. The van der Waals surface area contributed by atoms with E-state index in [4.69, 9.17) is 0 Å². The quantitative estimate of drug-likeness (QED) is 0.264. The van der Waals surface area contributed by atoms with Crippen LogP contribution in [-0.4, -0.2) is 62.9 Å². The molecule has 2 fully saturated rings. The van der Waals surface area contributed by atoms with Crippen LogP contribution >= 0.6 is 0 Å². The lowest BCUT2D eigenvalue weighted by Gasteiger charge is -2.26. The van der Waals surface area contributed by atoms with Crippen LogP contribution in [0.15, 0.2) is 53.6 Å². The maximum atomic E-state index is 14.8. The van der Waals surface area contributed by atoms with Crippen LogP contribution in [0.5, 0.6) is 0 Å². The highest BCUT2D eigenvalue weighted by atomic mass is 32.2. The normalized spacial score (nSPS) is 20.3. The van der Waals surface area contributed by atoms with E-state index in [2.05, 4.69) is 20.2 Å². The zero-order valence-electron chi connectivity index (χ0n) is 24.8.